The average Bonchev–Trinajstić information content (AvgIpc) is 2.66. The molecule has 1 unspecified atom stereocenters. The Hall–Kier alpha value is -1.35. The Morgan fingerprint density at radius 3 is 2.53 bits per heavy atom. The highest BCUT2D eigenvalue weighted by Gasteiger charge is 2.15. The molecule has 0 aliphatic heterocycles. The molecule has 1 aromatic carbocycles. The quantitative estimate of drug-likeness (QED) is 0.866. The largest absolute Gasteiger partial charge is 0.342 e. The monoisotopic (exact) mass is 234 g/mol. The van der Waals surface area contributed by atoms with Crippen LogP contribution in [0.1, 0.15) is 38.4 Å². The van der Waals surface area contributed by atoms with E-state index in [4.69, 9.17) is 5.73 Å². The maximum absolute atomic E-state index is 13.2. The number of fused-ring (bicyclic) bond motifs is 1. The van der Waals surface area contributed by atoms with Gasteiger partial charge in [-0.25, -0.2) is 4.39 Å². The highest BCUT2D eigenvalue weighted by atomic mass is 19.1. The highest BCUT2D eigenvalue weighted by Crippen LogP contribution is 2.29. The van der Waals surface area contributed by atoms with E-state index in [1.807, 2.05) is 6.07 Å². The lowest BCUT2D eigenvalue weighted by atomic mass is 10.1. The Bertz CT molecular complexity index is 528. The van der Waals surface area contributed by atoms with E-state index in [9.17, 15) is 4.39 Å². The summed E-state index contributed by atoms with van der Waals surface area (Å²) in [6.45, 7) is 6.97. The standard InChI is InChI=1S/C14H19FN2/c1-9(2)17-13-5-4-12(15)6-11(13)7-14(17)10(3)8-16/h4-7,9-10H,8,16H2,1-3H3. The molecule has 0 amide bonds. The lowest BCUT2D eigenvalue weighted by Crippen LogP contribution is -2.14. The summed E-state index contributed by atoms with van der Waals surface area (Å²) in [5.74, 6) is 0.0956. The van der Waals surface area contributed by atoms with Gasteiger partial charge in [0.25, 0.3) is 0 Å². The fourth-order valence-electron chi connectivity index (χ4n) is 2.31. The van der Waals surface area contributed by atoms with Gasteiger partial charge >= 0.3 is 0 Å². The zero-order valence-corrected chi connectivity index (χ0v) is 10.6. The maximum atomic E-state index is 13.2. The summed E-state index contributed by atoms with van der Waals surface area (Å²) in [6.07, 6.45) is 0. The van der Waals surface area contributed by atoms with Crippen LogP contribution >= 0.6 is 0 Å². The van der Waals surface area contributed by atoms with E-state index < -0.39 is 0 Å². The van der Waals surface area contributed by atoms with E-state index in [-0.39, 0.29) is 11.7 Å². The van der Waals surface area contributed by atoms with Gasteiger partial charge in [0.15, 0.2) is 0 Å². The summed E-state index contributed by atoms with van der Waals surface area (Å²) in [5, 5.41) is 0.953. The van der Waals surface area contributed by atoms with E-state index in [1.54, 1.807) is 6.07 Å². The van der Waals surface area contributed by atoms with Crippen molar-refractivity contribution < 1.29 is 4.39 Å². The summed E-state index contributed by atoms with van der Waals surface area (Å²) >= 11 is 0. The molecule has 2 N–H and O–H groups in total. The zero-order chi connectivity index (χ0) is 12.6. The molecule has 1 atom stereocenters. The maximum Gasteiger partial charge on any atom is 0.123 e. The Morgan fingerprint density at radius 2 is 1.94 bits per heavy atom. The summed E-state index contributed by atoms with van der Waals surface area (Å²) in [7, 11) is 0. The van der Waals surface area contributed by atoms with Gasteiger partial charge in [-0.15, -0.1) is 0 Å². The Labute approximate surface area is 101 Å². The van der Waals surface area contributed by atoms with Crippen LogP contribution in [0.5, 0.6) is 0 Å². The second-order valence-electron chi connectivity index (χ2n) is 4.87. The third-order valence-electron chi connectivity index (χ3n) is 3.21. The minimum atomic E-state index is -0.189. The van der Waals surface area contributed by atoms with Gasteiger partial charge in [0.2, 0.25) is 0 Å². The van der Waals surface area contributed by atoms with Crippen LogP contribution in [0.3, 0.4) is 0 Å². The van der Waals surface area contributed by atoms with Gasteiger partial charge in [-0.3, -0.25) is 0 Å². The Morgan fingerprint density at radius 1 is 1.24 bits per heavy atom. The third-order valence-corrected chi connectivity index (χ3v) is 3.21. The van der Waals surface area contributed by atoms with Crippen molar-refractivity contribution in [2.45, 2.75) is 32.7 Å². The van der Waals surface area contributed by atoms with Crippen molar-refractivity contribution in [2.75, 3.05) is 6.54 Å². The van der Waals surface area contributed by atoms with Crippen LogP contribution in [0.4, 0.5) is 4.39 Å². The van der Waals surface area contributed by atoms with Gasteiger partial charge < -0.3 is 10.3 Å². The number of halogens is 1. The van der Waals surface area contributed by atoms with Crippen molar-refractivity contribution in [1.29, 1.82) is 0 Å². The normalized spacial score (nSPS) is 13.5. The molecule has 0 aliphatic carbocycles. The van der Waals surface area contributed by atoms with Gasteiger partial charge in [0, 0.05) is 35.1 Å². The van der Waals surface area contributed by atoms with Crippen molar-refractivity contribution in [3.63, 3.8) is 0 Å². The molecular formula is C14H19FN2. The van der Waals surface area contributed by atoms with Gasteiger partial charge in [-0.1, -0.05) is 6.92 Å². The highest BCUT2D eigenvalue weighted by molar-refractivity contribution is 5.81. The topological polar surface area (TPSA) is 30.9 Å². The van der Waals surface area contributed by atoms with Crippen LogP contribution in [0.2, 0.25) is 0 Å². The van der Waals surface area contributed by atoms with E-state index in [0.717, 1.165) is 10.9 Å². The molecule has 0 spiro atoms. The first-order valence-corrected chi connectivity index (χ1v) is 6.05. The molecule has 0 fully saturated rings. The van der Waals surface area contributed by atoms with Gasteiger partial charge in [0.05, 0.1) is 0 Å². The molecule has 17 heavy (non-hydrogen) atoms. The first-order chi connectivity index (χ1) is 8.04. The number of aromatic nitrogens is 1. The number of hydrogen-bond acceptors (Lipinski definition) is 1. The first-order valence-electron chi connectivity index (χ1n) is 6.05. The molecule has 0 saturated carbocycles. The molecular weight excluding hydrogens is 215 g/mol. The van der Waals surface area contributed by atoms with E-state index in [1.165, 1.54) is 11.8 Å². The number of nitrogens with zero attached hydrogens (tertiary/aromatic N) is 1. The van der Waals surface area contributed by atoms with Crippen molar-refractivity contribution in [1.82, 2.24) is 4.57 Å². The van der Waals surface area contributed by atoms with Crippen LogP contribution in [0, 0.1) is 5.82 Å². The van der Waals surface area contributed by atoms with E-state index >= 15 is 0 Å². The lowest BCUT2D eigenvalue weighted by Gasteiger charge is -2.18. The smallest absolute Gasteiger partial charge is 0.123 e. The van der Waals surface area contributed by atoms with Crippen LogP contribution < -0.4 is 5.73 Å². The summed E-state index contributed by atoms with van der Waals surface area (Å²) in [5.41, 5.74) is 8.00. The Kier molecular flexibility index (Phi) is 3.20. The summed E-state index contributed by atoms with van der Waals surface area (Å²) in [6, 6.07) is 7.34. The van der Waals surface area contributed by atoms with Crippen molar-refractivity contribution in [2.24, 2.45) is 5.73 Å². The fourth-order valence-corrected chi connectivity index (χ4v) is 2.31. The number of rotatable bonds is 3. The van der Waals surface area contributed by atoms with Gasteiger partial charge in [-0.05, 0) is 38.1 Å². The predicted molar refractivity (Wildman–Crippen MR) is 69.8 cm³/mol. The molecule has 2 nitrogen and oxygen atoms in total. The molecule has 92 valence electrons. The summed E-state index contributed by atoms with van der Waals surface area (Å²) in [4.78, 5) is 0. The minimum Gasteiger partial charge on any atom is -0.342 e. The van der Waals surface area contributed by atoms with E-state index in [0.29, 0.717) is 12.6 Å². The SMILES string of the molecule is CC(CN)c1cc2cc(F)ccc2n1C(C)C. The van der Waals surface area contributed by atoms with Crippen LogP contribution in [0.25, 0.3) is 10.9 Å². The second-order valence-corrected chi connectivity index (χ2v) is 4.87. The van der Waals surface area contributed by atoms with E-state index in [2.05, 4.69) is 31.4 Å². The van der Waals surface area contributed by atoms with Crippen molar-refractivity contribution in [3.05, 3.63) is 35.8 Å². The molecule has 3 heteroatoms. The summed E-state index contributed by atoms with van der Waals surface area (Å²) < 4.78 is 15.5. The molecule has 2 rings (SSSR count). The second kappa shape index (κ2) is 4.49. The molecule has 0 radical (unpaired) electrons. The lowest BCUT2D eigenvalue weighted by molar-refractivity contribution is 0.567. The number of nitrogens with two attached hydrogens (primary N) is 1. The van der Waals surface area contributed by atoms with Gasteiger partial charge in [0.1, 0.15) is 5.82 Å². The third kappa shape index (κ3) is 2.07. The Balaban J connectivity index is 2.70. The molecule has 0 bridgehead atoms. The zero-order valence-electron chi connectivity index (χ0n) is 10.6. The average molecular weight is 234 g/mol. The fraction of sp³-hybridized carbons (Fsp3) is 0.429. The molecule has 0 aliphatic rings. The number of hydrogen-bond donors (Lipinski definition) is 1. The van der Waals surface area contributed by atoms with Crippen molar-refractivity contribution >= 4 is 10.9 Å². The van der Waals surface area contributed by atoms with Crippen LogP contribution in [-0.4, -0.2) is 11.1 Å². The first kappa shape index (κ1) is 12.1. The minimum absolute atomic E-state index is 0.189. The van der Waals surface area contributed by atoms with Gasteiger partial charge in [-0.2, -0.15) is 0 Å². The molecule has 1 heterocycles. The predicted octanol–water partition coefficient (Wildman–Crippen LogP) is 3.42. The van der Waals surface area contributed by atoms with Crippen LogP contribution in [0.15, 0.2) is 24.3 Å². The molecule has 2 aromatic rings. The molecule has 0 saturated heterocycles. The number of benzene rings is 1. The van der Waals surface area contributed by atoms with Crippen LogP contribution in [-0.2, 0) is 0 Å². The van der Waals surface area contributed by atoms with Crippen molar-refractivity contribution in [3.8, 4) is 0 Å². The molecule has 1 aromatic heterocycles.